The van der Waals surface area contributed by atoms with Crippen LogP contribution in [0.5, 0.6) is 0 Å². The molecular formula is C18H17ClN2O3. The Balaban J connectivity index is 1.61. The molecule has 0 saturated carbocycles. The van der Waals surface area contributed by atoms with Crippen LogP contribution in [0.3, 0.4) is 0 Å². The van der Waals surface area contributed by atoms with E-state index in [9.17, 15) is 9.59 Å². The Hall–Kier alpha value is -2.40. The van der Waals surface area contributed by atoms with Gasteiger partial charge in [0, 0.05) is 6.20 Å². The molecule has 0 aliphatic heterocycles. The quantitative estimate of drug-likeness (QED) is 0.863. The Morgan fingerprint density at radius 1 is 1.21 bits per heavy atom. The van der Waals surface area contributed by atoms with Crippen LogP contribution >= 0.6 is 11.6 Å². The van der Waals surface area contributed by atoms with Crippen molar-refractivity contribution >= 4 is 29.3 Å². The van der Waals surface area contributed by atoms with Gasteiger partial charge in [-0.05, 0) is 61.6 Å². The molecule has 24 heavy (non-hydrogen) atoms. The van der Waals surface area contributed by atoms with Gasteiger partial charge in [-0.25, -0.2) is 9.78 Å². The Labute approximate surface area is 145 Å². The third kappa shape index (κ3) is 3.74. The van der Waals surface area contributed by atoms with Gasteiger partial charge in [-0.15, -0.1) is 0 Å². The van der Waals surface area contributed by atoms with Crippen molar-refractivity contribution in [3.63, 3.8) is 0 Å². The molecule has 5 nitrogen and oxygen atoms in total. The van der Waals surface area contributed by atoms with E-state index in [0.29, 0.717) is 16.4 Å². The van der Waals surface area contributed by atoms with Crippen LogP contribution in [0, 0.1) is 0 Å². The summed E-state index contributed by atoms with van der Waals surface area (Å²) < 4.78 is 5.25. The highest BCUT2D eigenvalue weighted by atomic mass is 35.5. The van der Waals surface area contributed by atoms with Crippen LogP contribution in [0.2, 0.25) is 5.02 Å². The molecule has 1 heterocycles. The molecule has 2 aromatic rings. The van der Waals surface area contributed by atoms with Gasteiger partial charge in [0.25, 0.3) is 5.91 Å². The molecule has 0 saturated heterocycles. The molecule has 0 bridgehead atoms. The number of nitrogens with one attached hydrogen (secondary N) is 1. The van der Waals surface area contributed by atoms with E-state index in [1.54, 1.807) is 18.2 Å². The predicted molar refractivity (Wildman–Crippen MR) is 91.2 cm³/mol. The normalized spacial score (nSPS) is 13.9. The number of carbonyl (C=O) groups is 2. The van der Waals surface area contributed by atoms with Crippen molar-refractivity contribution in [1.29, 1.82) is 0 Å². The molecule has 6 heteroatoms. The van der Waals surface area contributed by atoms with Crippen molar-refractivity contribution in [2.45, 2.75) is 32.3 Å². The van der Waals surface area contributed by atoms with Gasteiger partial charge in [0.2, 0.25) is 0 Å². The van der Waals surface area contributed by atoms with Crippen molar-refractivity contribution in [2.75, 3.05) is 5.32 Å². The number of nitrogens with zero attached hydrogens (tertiary/aromatic N) is 1. The Kier molecular flexibility index (Phi) is 4.81. The highest BCUT2D eigenvalue weighted by molar-refractivity contribution is 6.30. The average Bonchev–Trinajstić information content (AvgIpc) is 3.04. The number of benzene rings is 1. The number of halogens is 1. The lowest BCUT2D eigenvalue weighted by Crippen LogP contribution is -2.30. The van der Waals surface area contributed by atoms with E-state index in [-0.39, 0.29) is 0 Å². The van der Waals surface area contributed by atoms with E-state index in [2.05, 4.69) is 10.3 Å². The zero-order valence-electron chi connectivity index (χ0n) is 13.2. The second kappa shape index (κ2) is 7.01. The van der Waals surface area contributed by atoms with Gasteiger partial charge in [-0.3, -0.25) is 4.79 Å². The summed E-state index contributed by atoms with van der Waals surface area (Å²) in [6.07, 6.45) is 3.65. The first kappa shape index (κ1) is 16.5. The molecule has 1 atom stereocenters. The molecule has 0 fully saturated rings. The van der Waals surface area contributed by atoms with Crippen LogP contribution in [0.4, 0.5) is 5.82 Å². The van der Waals surface area contributed by atoms with Gasteiger partial charge in [0.05, 0.1) is 10.6 Å². The molecule has 0 radical (unpaired) electrons. The minimum absolute atomic E-state index is 0.352. The van der Waals surface area contributed by atoms with Crippen LogP contribution in [-0.4, -0.2) is 23.0 Å². The molecule has 0 spiro atoms. The smallest absolute Gasteiger partial charge is 0.338 e. The number of hydrogen-bond acceptors (Lipinski definition) is 4. The Bertz CT molecular complexity index is 774. The fourth-order valence-electron chi connectivity index (χ4n) is 2.66. The van der Waals surface area contributed by atoms with E-state index in [0.717, 1.165) is 19.3 Å². The predicted octanol–water partition coefficient (Wildman–Crippen LogP) is 3.41. The average molecular weight is 345 g/mol. The van der Waals surface area contributed by atoms with Crippen LogP contribution in [0.15, 0.2) is 36.5 Å². The molecule has 1 aromatic heterocycles. The molecule has 124 valence electrons. The summed E-state index contributed by atoms with van der Waals surface area (Å²) >= 11 is 5.74. The standard InChI is InChI=1S/C18H17ClN2O3/c1-11(17(22)21-16-8-7-15(19)10-20-16)24-18(23)14-6-5-12-3-2-4-13(12)9-14/h5-11H,2-4H2,1H3,(H,20,21,22)/t11-/m0/s1. The highest BCUT2D eigenvalue weighted by Gasteiger charge is 2.21. The molecule has 1 amide bonds. The van der Waals surface area contributed by atoms with Crippen LogP contribution in [-0.2, 0) is 22.4 Å². The summed E-state index contributed by atoms with van der Waals surface area (Å²) in [5.41, 5.74) is 2.94. The number of rotatable bonds is 4. The summed E-state index contributed by atoms with van der Waals surface area (Å²) in [5.74, 6) is -0.597. The highest BCUT2D eigenvalue weighted by Crippen LogP contribution is 2.23. The maximum Gasteiger partial charge on any atom is 0.338 e. The minimum Gasteiger partial charge on any atom is -0.449 e. The van der Waals surface area contributed by atoms with E-state index in [1.807, 2.05) is 12.1 Å². The van der Waals surface area contributed by atoms with Gasteiger partial charge in [-0.2, -0.15) is 0 Å². The van der Waals surface area contributed by atoms with Crippen molar-refractivity contribution in [3.05, 3.63) is 58.2 Å². The molecule has 0 unspecified atom stereocenters. The number of anilines is 1. The lowest BCUT2D eigenvalue weighted by atomic mass is 10.1. The van der Waals surface area contributed by atoms with Gasteiger partial charge >= 0.3 is 5.97 Å². The fraction of sp³-hybridized carbons (Fsp3) is 0.278. The SMILES string of the molecule is C[C@H](OC(=O)c1ccc2c(c1)CCC2)C(=O)Nc1ccc(Cl)cn1. The molecule has 1 aromatic carbocycles. The number of carbonyl (C=O) groups excluding carboxylic acids is 2. The summed E-state index contributed by atoms with van der Waals surface area (Å²) in [6.45, 7) is 1.52. The number of hydrogen-bond donors (Lipinski definition) is 1. The largest absolute Gasteiger partial charge is 0.449 e. The first-order chi connectivity index (χ1) is 11.5. The van der Waals surface area contributed by atoms with Crippen LogP contribution in [0.25, 0.3) is 0 Å². The second-order valence-corrected chi connectivity index (χ2v) is 6.17. The number of aromatic nitrogens is 1. The molecule has 1 aliphatic carbocycles. The molecule has 3 rings (SSSR count). The second-order valence-electron chi connectivity index (χ2n) is 5.74. The Morgan fingerprint density at radius 3 is 2.75 bits per heavy atom. The zero-order chi connectivity index (χ0) is 17.1. The summed E-state index contributed by atoms with van der Waals surface area (Å²) in [6, 6.07) is 8.76. The van der Waals surface area contributed by atoms with Crippen molar-refractivity contribution in [3.8, 4) is 0 Å². The van der Waals surface area contributed by atoms with Gasteiger partial charge in [-0.1, -0.05) is 17.7 Å². The topological polar surface area (TPSA) is 68.3 Å². The molecular weight excluding hydrogens is 328 g/mol. The van der Waals surface area contributed by atoms with E-state index in [4.69, 9.17) is 16.3 Å². The zero-order valence-corrected chi connectivity index (χ0v) is 14.0. The molecule has 1 aliphatic rings. The van der Waals surface area contributed by atoms with E-state index < -0.39 is 18.0 Å². The number of aryl methyl sites for hydroxylation is 2. The van der Waals surface area contributed by atoms with Gasteiger partial charge in [0.15, 0.2) is 6.10 Å². The van der Waals surface area contributed by atoms with Gasteiger partial charge in [0.1, 0.15) is 5.82 Å². The minimum atomic E-state index is -0.928. The van der Waals surface area contributed by atoms with E-state index in [1.165, 1.54) is 24.2 Å². The maximum atomic E-state index is 12.2. The number of amides is 1. The first-order valence-electron chi connectivity index (χ1n) is 7.78. The van der Waals surface area contributed by atoms with Crippen LogP contribution in [0.1, 0.15) is 34.8 Å². The third-order valence-electron chi connectivity index (χ3n) is 3.97. The van der Waals surface area contributed by atoms with Crippen LogP contribution < -0.4 is 5.32 Å². The maximum absolute atomic E-state index is 12.2. The van der Waals surface area contributed by atoms with E-state index >= 15 is 0 Å². The molecule has 1 N–H and O–H groups in total. The van der Waals surface area contributed by atoms with Gasteiger partial charge < -0.3 is 10.1 Å². The third-order valence-corrected chi connectivity index (χ3v) is 4.19. The summed E-state index contributed by atoms with van der Waals surface area (Å²) in [4.78, 5) is 28.3. The number of fused-ring (bicyclic) bond motifs is 1. The number of pyridine rings is 1. The number of esters is 1. The summed E-state index contributed by atoms with van der Waals surface area (Å²) in [7, 11) is 0. The number of ether oxygens (including phenoxy) is 1. The van der Waals surface area contributed by atoms with Crippen molar-refractivity contribution in [2.24, 2.45) is 0 Å². The Morgan fingerprint density at radius 2 is 2.00 bits per heavy atom. The first-order valence-corrected chi connectivity index (χ1v) is 8.16. The van der Waals surface area contributed by atoms with Crippen molar-refractivity contribution < 1.29 is 14.3 Å². The van der Waals surface area contributed by atoms with Crippen molar-refractivity contribution in [1.82, 2.24) is 4.98 Å². The lowest BCUT2D eigenvalue weighted by molar-refractivity contribution is -0.123. The fourth-order valence-corrected chi connectivity index (χ4v) is 2.77. The summed E-state index contributed by atoms with van der Waals surface area (Å²) in [5, 5.41) is 3.06. The monoisotopic (exact) mass is 344 g/mol. The lowest BCUT2D eigenvalue weighted by Gasteiger charge is -2.13.